The Bertz CT molecular complexity index is 1090. The van der Waals surface area contributed by atoms with E-state index in [1.165, 1.54) is 13.0 Å². The van der Waals surface area contributed by atoms with E-state index in [4.69, 9.17) is 9.47 Å². The number of nitrogens with zero attached hydrogens (tertiary/aromatic N) is 2. The van der Waals surface area contributed by atoms with Gasteiger partial charge in [0.15, 0.2) is 12.5 Å². The Labute approximate surface area is 196 Å². The molecule has 1 saturated carbocycles. The van der Waals surface area contributed by atoms with Gasteiger partial charge >= 0.3 is 6.18 Å². The highest BCUT2D eigenvalue weighted by molar-refractivity contribution is 5.80. The molecule has 1 unspecified atom stereocenters. The van der Waals surface area contributed by atoms with E-state index in [0.29, 0.717) is 0 Å². The van der Waals surface area contributed by atoms with Crippen molar-refractivity contribution < 1.29 is 41.3 Å². The average Bonchev–Trinajstić information content (AvgIpc) is 3.36. The highest BCUT2D eigenvalue weighted by Crippen LogP contribution is 2.41. The molecule has 1 aromatic heterocycles. The van der Waals surface area contributed by atoms with E-state index in [1.54, 1.807) is 0 Å². The van der Waals surface area contributed by atoms with Crippen LogP contribution < -0.4 is 10.6 Å². The number of anilines is 1. The van der Waals surface area contributed by atoms with Gasteiger partial charge in [-0.05, 0) is 31.9 Å². The molecule has 190 valence electrons. The van der Waals surface area contributed by atoms with Crippen molar-refractivity contribution in [3.8, 4) is 0 Å². The molecular weight excluding hydrogens is 479 g/mol. The molecule has 1 aliphatic heterocycles. The number of alkyl halides is 5. The first-order chi connectivity index (χ1) is 16.5. The Balaban J connectivity index is 1.63. The lowest BCUT2D eigenvalue weighted by atomic mass is 10.1. The number of nitrogens with one attached hydrogen (secondary N) is 2. The molecule has 1 aliphatic carbocycles. The predicted molar refractivity (Wildman–Crippen MR) is 111 cm³/mol. The van der Waals surface area contributed by atoms with E-state index in [2.05, 4.69) is 20.6 Å². The van der Waals surface area contributed by atoms with Crippen LogP contribution in [0.5, 0.6) is 0 Å². The van der Waals surface area contributed by atoms with Gasteiger partial charge in [-0.2, -0.15) is 13.2 Å². The van der Waals surface area contributed by atoms with E-state index < -0.39 is 48.6 Å². The van der Waals surface area contributed by atoms with Crippen LogP contribution in [0.2, 0.25) is 0 Å². The van der Waals surface area contributed by atoms with Gasteiger partial charge in [0, 0.05) is 5.56 Å². The number of aromatic nitrogens is 2. The summed E-state index contributed by atoms with van der Waals surface area (Å²) in [6.45, 7) is 1.94. The molecule has 1 saturated heterocycles. The summed E-state index contributed by atoms with van der Waals surface area (Å²) in [5.74, 6) is -0.542. The van der Waals surface area contributed by atoms with Gasteiger partial charge in [-0.25, -0.2) is 18.7 Å². The maximum Gasteiger partial charge on any atom is 0.416 e. The molecule has 35 heavy (non-hydrogen) atoms. The fraction of sp³-hybridized carbons (Fsp3) is 0.500. The van der Waals surface area contributed by atoms with Crippen LogP contribution in [0.4, 0.5) is 27.8 Å². The van der Waals surface area contributed by atoms with E-state index in [-0.39, 0.29) is 54.5 Å². The molecule has 4 rings (SSSR count). The zero-order valence-corrected chi connectivity index (χ0v) is 18.5. The minimum Gasteiger partial charge on any atom is -0.369 e. The second kappa shape index (κ2) is 9.63. The van der Waals surface area contributed by atoms with Gasteiger partial charge in [-0.1, -0.05) is 12.1 Å². The third-order valence-electron chi connectivity index (χ3n) is 5.72. The number of carbonyl (C=O) groups is 1. The summed E-state index contributed by atoms with van der Waals surface area (Å²) in [4.78, 5) is 21.0. The van der Waals surface area contributed by atoms with Gasteiger partial charge in [0.05, 0.1) is 36.5 Å². The predicted octanol–water partition coefficient (Wildman–Crippen LogP) is 3.41. The molecular formula is C22H23F5N4O4. The molecule has 1 aromatic carbocycles. The van der Waals surface area contributed by atoms with Crippen LogP contribution in [0, 0.1) is 6.92 Å². The van der Waals surface area contributed by atoms with Crippen LogP contribution in [-0.2, 0) is 26.9 Å². The normalized spacial score (nSPS) is 18.5. The van der Waals surface area contributed by atoms with E-state index in [0.717, 1.165) is 18.2 Å². The first-order valence-electron chi connectivity index (χ1n) is 10.8. The van der Waals surface area contributed by atoms with Crippen molar-refractivity contribution in [3.05, 3.63) is 52.5 Å². The Morgan fingerprint density at radius 3 is 2.51 bits per heavy atom. The summed E-state index contributed by atoms with van der Waals surface area (Å²) in [6, 6.07) is 4.13. The van der Waals surface area contributed by atoms with E-state index >= 15 is 0 Å². The van der Waals surface area contributed by atoms with Crippen molar-refractivity contribution in [1.82, 2.24) is 15.3 Å². The number of hydrogen-bond donors (Lipinski definition) is 3. The van der Waals surface area contributed by atoms with E-state index in [9.17, 15) is 31.9 Å². The first kappa shape index (κ1) is 25.2. The Kier molecular flexibility index (Phi) is 6.93. The Morgan fingerprint density at radius 2 is 1.91 bits per heavy atom. The van der Waals surface area contributed by atoms with Crippen molar-refractivity contribution >= 4 is 11.7 Å². The maximum atomic E-state index is 13.2. The highest BCUT2D eigenvalue weighted by atomic mass is 19.4. The van der Waals surface area contributed by atoms with Crippen LogP contribution >= 0.6 is 0 Å². The molecule has 0 spiro atoms. The zero-order valence-electron chi connectivity index (χ0n) is 18.5. The number of aryl methyl sites for hydroxylation is 1. The smallest absolute Gasteiger partial charge is 0.369 e. The number of aliphatic hydroxyl groups is 1. The number of aliphatic hydroxyl groups excluding tert-OH is 1. The third kappa shape index (κ3) is 5.68. The zero-order chi connectivity index (χ0) is 25.4. The fourth-order valence-electron chi connectivity index (χ4n) is 3.76. The Hall–Kier alpha value is -2.90. The highest BCUT2D eigenvalue weighted by Gasteiger charge is 2.52. The third-order valence-corrected chi connectivity index (χ3v) is 5.72. The number of hydrogen-bond acceptors (Lipinski definition) is 7. The molecule has 2 fully saturated rings. The van der Waals surface area contributed by atoms with Crippen LogP contribution in [-0.4, -0.2) is 46.2 Å². The summed E-state index contributed by atoms with van der Waals surface area (Å²) >= 11 is 0. The Morgan fingerprint density at radius 1 is 1.23 bits per heavy atom. The van der Waals surface area contributed by atoms with Crippen molar-refractivity contribution in [2.24, 2.45) is 0 Å². The lowest BCUT2D eigenvalue weighted by molar-refractivity contribution is -0.137. The number of rotatable bonds is 8. The molecule has 2 aliphatic rings. The summed E-state index contributed by atoms with van der Waals surface area (Å²) < 4.78 is 76.8. The average molecular weight is 502 g/mol. The minimum atomic E-state index is -4.60. The number of amides is 1. The monoisotopic (exact) mass is 502 g/mol. The summed E-state index contributed by atoms with van der Waals surface area (Å²) in [6.07, 6.45) is -10.0. The van der Waals surface area contributed by atoms with Crippen LogP contribution in [0.25, 0.3) is 0 Å². The quantitative estimate of drug-likeness (QED) is 0.375. The first-order valence-corrected chi connectivity index (χ1v) is 10.8. The fourth-order valence-corrected chi connectivity index (χ4v) is 3.76. The molecule has 13 heteroatoms. The second-order valence-electron chi connectivity index (χ2n) is 8.41. The molecule has 0 bridgehead atoms. The summed E-state index contributed by atoms with van der Waals surface area (Å²) in [7, 11) is 0. The number of carbonyl (C=O) groups excluding carboxylic acids is 1. The van der Waals surface area contributed by atoms with Crippen molar-refractivity contribution in [1.29, 1.82) is 0 Å². The lowest BCUT2D eigenvalue weighted by Gasteiger charge is -2.22. The molecule has 8 nitrogen and oxygen atoms in total. The van der Waals surface area contributed by atoms with Gasteiger partial charge in [0.25, 0.3) is 6.43 Å². The standard InChI is InChI=1S/C22H23F5N4O4/c1-11-28-14(10-15(32)31-21(5-6-21)20(23)24)16(19-34-7-8-35-19)17(29-11)30-18(33)12-3-2-4-13(9-12)22(25,26)27/h2-4,9,18-20,33H,5-8,10H2,1H3,(H,31,32)(H,28,29,30). The van der Waals surface area contributed by atoms with Crippen LogP contribution in [0.3, 0.4) is 0 Å². The van der Waals surface area contributed by atoms with Crippen LogP contribution in [0.15, 0.2) is 24.3 Å². The van der Waals surface area contributed by atoms with Gasteiger partial charge in [-0.15, -0.1) is 0 Å². The molecule has 3 N–H and O–H groups in total. The van der Waals surface area contributed by atoms with Gasteiger partial charge in [-0.3, -0.25) is 4.79 Å². The second-order valence-corrected chi connectivity index (χ2v) is 8.41. The molecule has 2 heterocycles. The SMILES string of the molecule is Cc1nc(CC(=O)NC2(C(F)F)CC2)c(C2OCCO2)c(NC(O)c2cccc(C(F)(F)F)c2)n1. The largest absolute Gasteiger partial charge is 0.416 e. The molecule has 1 atom stereocenters. The lowest BCUT2D eigenvalue weighted by Crippen LogP contribution is -2.43. The number of halogens is 5. The van der Waals surface area contributed by atoms with Gasteiger partial charge in [0.1, 0.15) is 17.2 Å². The van der Waals surface area contributed by atoms with Crippen molar-refractivity contribution in [3.63, 3.8) is 0 Å². The van der Waals surface area contributed by atoms with Crippen LogP contribution in [0.1, 0.15) is 53.6 Å². The van der Waals surface area contributed by atoms with Crippen molar-refractivity contribution in [2.75, 3.05) is 18.5 Å². The van der Waals surface area contributed by atoms with E-state index in [1.807, 2.05) is 0 Å². The number of ether oxygens (including phenoxy) is 2. The van der Waals surface area contributed by atoms with Gasteiger partial charge < -0.3 is 25.2 Å². The van der Waals surface area contributed by atoms with Gasteiger partial charge in [0.2, 0.25) is 5.91 Å². The molecule has 0 radical (unpaired) electrons. The maximum absolute atomic E-state index is 13.2. The molecule has 2 aromatic rings. The summed E-state index contributed by atoms with van der Waals surface area (Å²) in [5, 5.41) is 15.6. The van der Waals surface area contributed by atoms with Crippen molar-refractivity contribution in [2.45, 2.75) is 56.8 Å². The summed E-state index contributed by atoms with van der Waals surface area (Å²) in [5.41, 5.74) is -2.30. The topological polar surface area (TPSA) is 106 Å². The molecule has 1 amide bonds. The number of benzene rings is 1. The minimum absolute atomic E-state index is 0.0212.